The number of hydrogen-bond acceptors (Lipinski definition) is 8. The molecular weight excluding hydrogens is 456 g/mol. The van der Waals surface area contributed by atoms with E-state index in [2.05, 4.69) is 25.2 Å². The fourth-order valence-corrected chi connectivity index (χ4v) is 3.92. The van der Waals surface area contributed by atoms with Crippen LogP contribution in [0.15, 0.2) is 36.8 Å². The zero-order valence-electron chi connectivity index (χ0n) is 19.3. The number of piperidine rings is 1. The van der Waals surface area contributed by atoms with E-state index in [1.807, 2.05) is 6.92 Å². The normalized spacial score (nSPS) is 15.7. The van der Waals surface area contributed by atoms with E-state index in [9.17, 15) is 9.18 Å². The Morgan fingerprint density at radius 2 is 2.11 bits per heavy atom. The van der Waals surface area contributed by atoms with Crippen LogP contribution in [0.25, 0.3) is 11.4 Å². The van der Waals surface area contributed by atoms with Gasteiger partial charge in [0.25, 0.3) is 5.91 Å². The van der Waals surface area contributed by atoms with Gasteiger partial charge in [-0.1, -0.05) is 6.92 Å². The Morgan fingerprint density at radius 3 is 2.89 bits per heavy atom. The van der Waals surface area contributed by atoms with Gasteiger partial charge < -0.3 is 26.4 Å². The first-order valence-corrected chi connectivity index (χ1v) is 11.4. The highest BCUT2D eigenvalue weighted by Gasteiger charge is 2.24. The van der Waals surface area contributed by atoms with Crippen LogP contribution < -0.4 is 26.4 Å². The van der Waals surface area contributed by atoms with Crippen molar-refractivity contribution in [1.29, 1.82) is 0 Å². The fraction of sp³-hybridized carbons (Fsp3) is 0.333. The van der Waals surface area contributed by atoms with Gasteiger partial charge in [-0.3, -0.25) is 9.78 Å². The van der Waals surface area contributed by atoms with Crippen molar-refractivity contribution in [2.75, 3.05) is 35.6 Å². The number of amides is 1. The number of carbonyl (C=O) groups is 1. The molecule has 1 saturated heterocycles. The predicted molar refractivity (Wildman–Crippen MR) is 129 cm³/mol. The minimum absolute atomic E-state index is 0.0300. The topological polar surface area (TPSA) is 132 Å². The number of hydrogen-bond donors (Lipinski definition) is 3. The van der Waals surface area contributed by atoms with Crippen molar-refractivity contribution in [3.8, 4) is 17.1 Å². The highest BCUT2D eigenvalue weighted by molar-refractivity contribution is 6.07. The third kappa shape index (κ3) is 5.29. The van der Waals surface area contributed by atoms with E-state index in [4.69, 9.17) is 16.2 Å². The Balaban J connectivity index is 1.64. The van der Waals surface area contributed by atoms with E-state index in [0.29, 0.717) is 18.7 Å². The van der Waals surface area contributed by atoms with E-state index in [1.54, 1.807) is 12.3 Å². The molecule has 0 bridgehead atoms. The molecule has 1 aliphatic rings. The Labute approximate surface area is 201 Å². The lowest BCUT2D eigenvalue weighted by Crippen LogP contribution is -2.43. The van der Waals surface area contributed by atoms with E-state index < -0.39 is 23.1 Å². The van der Waals surface area contributed by atoms with Crippen molar-refractivity contribution < 1.29 is 18.3 Å². The zero-order chi connectivity index (χ0) is 24.9. The van der Waals surface area contributed by atoms with Gasteiger partial charge in [0, 0.05) is 25.3 Å². The Morgan fingerprint density at radius 1 is 1.29 bits per heavy atom. The quantitative estimate of drug-likeness (QED) is 0.466. The lowest BCUT2D eigenvalue weighted by Gasteiger charge is -2.33. The molecule has 5 N–H and O–H groups in total. The number of carbonyl (C=O) groups excluding carboxylic acids is 1. The summed E-state index contributed by atoms with van der Waals surface area (Å²) in [5, 5.41) is 2.76. The molecule has 1 amide bonds. The van der Waals surface area contributed by atoms with Crippen LogP contribution in [0, 0.1) is 11.6 Å². The molecule has 0 radical (unpaired) electrons. The second-order valence-electron chi connectivity index (χ2n) is 8.28. The van der Waals surface area contributed by atoms with E-state index in [1.165, 1.54) is 12.3 Å². The lowest BCUT2D eigenvalue weighted by atomic mass is 10.1. The molecule has 0 aliphatic carbocycles. The van der Waals surface area contributed by atoms with Crippen molar-refractivity contribution in [2.24, 2.45) is 5.73 Å². The summed E-state index contributed by atoms with van der Waals surface area (Å²) in [5.41, 5.74) is 12.5. The Bertz CT molecular complexity index is 1220. The number of benzene rings is 1. The highest BCUT2D eigenvalue weighted by atomic mass is 19.1. The molecule has 0 saturated carbocycles. The van der Waals surface area contributed by atoms with Crippen LogP contribution in [-0.2, 0) is 0 Å². The monoisotopic (exact) mass is 483 g/mol. The van der Waals surface area contributed by atoms with E-state index >= 15 is 4.39 Å². The van der Waals surface area contributed by atoms with Gasteiger partial charge in [-0.05, 0) is 37.5 Å². The summed E-state index contributed by atoms with van der Waals surface area (Å²) >= 11 is 0. The number of anilines is 3. The van der Waals surface area contributed by atoms with Crippen molar-refractivity contribution in [3.63, 3.8) is 0 Å². The summed E-state index contributed by atoms with van der Waals surface area (Å²) < 4.78 is 34.9. The number of halogens is 2. The summed E-state index contributed by atoms with van der Waals surface area (Å²) in [4.78, 5) is 27.4. The number of nitrogens with two attached hydrogens (primary N) is 2. The van der Waals surface area contributed by atoms with Gasteiger partial charge in [0.05, 0.1) is 41.6 Å². The van der Waals surface area contributed by atoms with Gasteiger partial charge in [-0.2, -0.15) is 0 Å². The average molecular weight is 484 g/mol. The molecular formula is C24H27F2N7O2. The second kappa shape index (κ2) is 10.6. The smallest absolute Gasteiger partial charge is 0.276 e. The van der Waals surface area contributed by atoms with Crippen molar-refractivity contribution >= 4 is 23.0 Å². The maximum absolute atomic E-state index is 15.0. The first-order chi connectivity index (χ1) is 16.9. The van der Waals surface area contributed by atoms with Crippen LogP contribution in [-0.4, -0.2) is 46.6 Å². The SMILES string of the molecule is CCCOc1ccc(F)c(-c2ncc(N)c(C(=O)Nc3cnccc3N3CCC[C@H](N)C3)n2)c1F. The first-order valence-electron chi connectivity index (χ1n) is 11.4. The molecule has 3 heterocycles. The Kier molecular flexibility index (Phi) is 7.35. The van der Waals surface area contributed by atoms with Gasteiger partial charge in [0.15, 0.2) is 23.1 Å². The van der Waals surface area contributed by atoms with Crippen LogP contribution in [0.5, 0.6) is 5.75 Å². The summed E-state index contributed by atoms with van der Waals surface area (Å²) in [7, 11) is 0. The molecule has 1 aromatic carbocycles. The zero-order valence-corrected chi connectivity index (χ0v) is 19.3. The minimum Gasteiger partial charge on any atom is -0.491 e. The second-order valence-corrected chi connectivity index (χ2v) is 8.28. The average Bonchev–Trinajstić information content (AvgIpc) is 2.85. The molecule has 9 nitrogen and oxygen atoms in total. The molecule has 2 aromatic heterocycles. The van der Waals surface area contributed by atoms with E-state index in [-0.39, 0.29) is 35.6 Å². The standard InChI is InChI=1S/C24H27F2N7O2/c1-2-10-35-19-6-5-15(25)20(21(19)26)23-30-11-16(28)22(32-23)24(34)31-17-12-29-8-7-18(17)33-9-3-4-14(27)13-33/h5-8,11-12,14H,2-4,9-10,13,27-28H2,1H3,(H,31,34)/t14-/m0/s1. The highest BCUT2D eigenvalue weighted by Crippen LogP contribution is 2.31. The summed E-state index contributed by atoms with van der Waals surface area (Å²) in [6.45, 7) is 3.55. The van der Waals surface area contributed by atoms with Crippen LogP contribution in [0.3, 0.4) is 0 Å². The summed E-state index contributed by atoms with van der Waals surface area (Å²) in [6.07, 6.45) is 6.79. The maximum atomic E-state index is 15.0. The maximum Gasteiger partial charge on any atom is 0.276 e. The molecule has 11 heteroatoms. The lowest BCUT2D eigenvalue weighted by molar-refractivity contribution is 0.102. The number of aromatic nitrogens is 3. The number of pyridine rings is 1. The molecule has 1 atom stereocenters. The van der Waals surface area contributed by atoms with Crippen LogP contribution in [0.1, 0.15) is 36.7 Å². The molecule has 184 valence electrons. The number of nitrogens with one attached hydrogen (secondary N) is 1. The molecule has 3 aromatic rings. The summed E-state index contributed by atoms with van der Waals surface area (Å²) in [5.74, 6) is -2.96. The van der Waals surface area contributed by atoms with Crippen molar-refractivity contribution in [1.82, 2.24) is 15.0 Å². The summed E-state index contributed by atoms with van der Waals surface area (Å²) in [6, 6.07) is 4.08. The minimum atomic E-state index is -0.953. The fourth-order valence-electron chi connectivity index (χ4n) is 3.92. The third-order valence-corrected chi connectivity index (χ3v) is 5.62. The molecule has 0 spiro atoms. The van der Waals surface area contributed by atoms with Gasteiger partial charge >= 0.3 is 0 Å². The van der Waals surface area contributed by atoms with Crippen LogP contribution in [0.2, 0.25) is 0 Å². The number of rotatable bonds is 7. The molecule has 35 heavy (non-hydrogen) atoms. The van der Waals surface area contributed by atoms with Crippen molar-refractivity contribution in [3.05, 3.63) is 54.1 Å². The van der Waals surface area contributed by atoms with Gasteiger partial charge in [0.1, 0.15) is 5.82 Å². The van der Waals surface area contributed by atoms with Crippen LogP contribution >= 0.6 is 0 Å². The van der Waals surface area contributed by atoms with Crippen LogP contribution in [0.4, 0.5) is 25.8 Å². The number of ether oxygens (including phenoxy) is 1. The molecule has 4 rings (SSSR count). The van der Waals surface area contributed by atoms with E-state index in [0.717, 1.165) is 37.3 Å². The van der Waals surface area contributed by atoms with Gasteiger partial charge in [-0.25, -0.2) is 18.7 Å². The van der Waals surface area contributed by atoms with Gasteiger partial charge in [-0.15, -0.1) is 0 Å². The first kappa shape index (κ1) is 24.3. The van der Waals surface area contributed by atoms with Crippen molar-refractivity contribution in [2.45, 2.75) is 32.2 Å². The molecule has 1 aliphatic heterocycles. The number of nitrogen functional groups attached to an aromatic ring is 1. The number of nitrogens with zero attached hydrogens (tertiary/aromatic N) is 4. The third-order valence-electron chi connectivity index (χ3n) is 5.62. The molecule has 1 fully saturated rings. The molecule has 0 unspecified atom stereocenters. The predicted octanol–water partition coefficient (Wildman–Crippen LogP) is 3.37. The largest absolute Gasteiger partial charge is 0.491 e. The Hall–Kier alpha value is -3.86. The van der Waals surface area contributed by atoms with Gasteiger partial charge in [0.2, 0.25) is 0 Å².